The van der Waals surface area contributed by atoms with Crippen molar-refractivity contribution < 1.29 is 50.3 Å². The standard InChI is InChI=1S/C27H28F6N4O5/c1-41-34-9-7-21-24(39)35(14-17-5-3-2-4-6-17)15-22-36(10-8-23(38)37(21)22)25(40)42-16-18-11-19(26(28,29)30)13-20(12-18)27(31,32)33/h2-6,11-13,21-22,34H,7-10,14-16H2,1H3/t21-,22+/m0/s1. The van der Waals surface area contributed by atoms with E-state index in [1.54, 1.807) is 12.1 Å². The molecule has 2 aliphatic rings. The number of amides is 3. The number of carbonyl (C=O) groups is 3. The van der Waals surface area contributed by atoms with Gasteiger partial charge in [0, 0.05) is 26.1 Å². The summed E-state index contributed by atoms with van der Waals surface area (Å²) >= 11 is 0. The molecule has 3 amide bonds. The number of nitrogens with zero attached hydrogens (tertiary/aromatic N) is 3. The van der Waals surface area contributed by atoms with E-state index in [9.17, 15) is 40.7 Å². The summed E-state index contributed by atoms with van der Waals surface area (Å²) in [7, 11) is 1.39. The van der Waals surface area contributed by atoms with Crippen molar-refractivity contribution in [1.82, 2.24) is 20.2 Å². The lowest BCUT2D eigenvalue weighted by Gasteiger charge is -2.51. The largest absolute Gasteiger partial charge is 0.444 e. The van der Waals surface area contributed by atoms with Crippen molar-refractivity contribution in [2.24, 2.45) is 0 Å². The summed E-state index contributed by atoms with van der Waals surface area (Å²) in [5.41, 5.74) is -0.159. The van der Waals surface area contributed by atoms with Crippen LogP contribution in [-0.2, 0) is 44.7 Å². The van der Waals surface area contributed by atoms with Crippen molar-refractivity contribution in [2.75, 3.05) is 26.7 Å². The first-order valence-corrected chi connectivity index (χ1v) is 12.9. The highest BCUT2D eigenvalue weighted by Gasteiger charge is 2.49. The van der Waals surface area contributed by atoms with E-state index >= 15 is 0 Å². The second kappa shape index (κ2) is 12.6. The quantitative estimate of drug-likeness (QED) is 0.277. The maximum absolute atomic E-state index is 13.5. The minimum atomic E-state index is -5.06. The lowest BCUT2D eigenvalue weighted by atomic mass is 10.0. The Labute approximate surface area is 236 Å². The van der Waals surface area contributed by atoms with E-state index in [1.165, 1.54) is 21.8 Å². The molecule has 2 fully saturated rings. The van der Waals surface area contributed by atoms with E-state index < -0.39 is 54.0 Å². The van der Waals surface area contributed by atoms with Gasteiger partial charge in [-0.15, -0.1) is 0 Å². The van der Waals surface area contributed by atoms with Gasteiger partial charge in [-0.05, 0) is 35.7 Å². The van der Waals surface area contributed by atoms with Gasteiger partial charge < -0.3 is 19.4 Å². The van der Waals surface area contributed by atoms with Gasteiger partial charge in [-0.1, -0.05) is 30.3 Å². The maximum Gasteiger partial charge on any atom is 0.416 e. The zero-order chi connectivity index (χ0) is 30.7. The van der Waals surface area contributed by atoms with E-state index in [2.05, 4.69) is 5.48 Å². The summed E-state index contributed by atoms with van der Waals surface area (Å²) in [4.78, 5) is 48.5. The van der Waals surface area contributed by atoms with Gasteiger partial charge in [0.2, 0.25) is 11.8 Å². The normalized spacial score (nSPS) is 19.6. The van der Waals surface area contributed by atoms with Gasteiger partial charge in [-0.25, -0.2) is 10.3 Å². The van der Waals surface area contributed by atoms with E-state index in [0.717, 1.165) is 5.56 Å². The number of halogens is 6. The summed E-state index contributed by atoms with van der Waals surface area (Å²) in [5, 5.41) is 0. The van der Waals surface area contributed by atoms with Gasteiger partial charge in [0.1, 0.15) is 18.8 Å². The number of fused-ring (bicyclic) bond motifs is 1. The molecule has 42 heavy (non-hydrogen) atoms. The van der Waals surface area contributed by atoms with Crippen molar-refractivity contribution in [2.45, 2.75) is 50.6 Å². The number of carbonyl (C=O) groups excluding carboxylic acids is 3. The van der Waals surface area contributed by atoms with Crippen molar-refractivity contribution >= 4 is 17.9 Å². The van der Waals surface area contributed by atoms with Gasteiger partial charge in [0.25, 0.3) is 0 Å². The van der Waals surface area contributed by atoms with Crippen LogP contribution in [0.25, 0.3) is 0 Å². The molecule has 9 nitrogen and oxygen atoms in total. The van der Waals surface area contributed by atoms with Gasteiger partial charge in [-0.3, -0.25) is 14.5 Å². The molecule has 2 aromatic rings. The predicted molar refractivity (Wildman–Crippen MR) is 134 cm³/mol. The number of rotatable bonds is 8. The number of benzene rings is 2. The number of hydrogen-bond acceptors (Lipinski definition) is 6. The van der Waals surface area contributed by atoms with Crippen LogP contribution in [0, 0.1) is 0 Å². The summed E-state index contributed by atoms with van der Waals surface area (Å²) < 4.78 is 84.7. The number of ether oxygens (including phenoxy) is 1. The molecule has 0 bridgehead atoms. The Morgan fingerprint density at radius 1 is 0.976 bits per heavy atom. The van der Waals surface area contributed by atoms with Crippen LogP contribution in [-0.4, -0.2) is 71.6 Å². The Morgan fingerprint density at radius 2 is 1.62 bits per heavy atom. The molecule has 228 valence electrons. The lowest BCUT2D eigenvalue weighted by molar-refractivity contribution is -0.169. The number of alkyl halides is 6. The van der Waals surface area contributed by atoms with Crippen LogP contribution >= 0.6 is 0 Å². The van der Waals surface area contributed by atoms with Crippen LogP contribution in [0.2, 0.25) is 0 Å². The minimum Gasteiger partial charge on any atom is -0.444 e. The van der Waals surface area contributed by atoms with Crippen LogP contribution in [0.1, 0.15) is 35.1 Å². The molecule has 0 radical (unpaired) electrons. The fraction of sp³-hybridized carbons (Fsp3) is 0.444. The predicted octanol–water partition coefficient (Wildman–Crippen LogP) is 4.17. The molecule has 1 N–H and O–H groups in total. The van der Waals surface area contributed by atoms with E-state index in [4.69, 9.17) is 9.57 Å². The van der Waals surface area contributed by atoms with E-state index in [-0.39, 0.29) is 56.9 Å². The van der Waals surface area contributed by atoms with E-state index in [0.29, 0.717) is 12.1 Å². The first-order chi connectivity index (χ1) is 19.8. The average molecular weight is 603 g/mol. The molecule has 0 unspecified atom stereocenters. The molecule has 0 spiro atoms. The summed E-state index contributed by atoms with van der Waals surface area (Å²) in [6.07, 6.45) is -12.2. The molecular formula is C27H28F6N4O5. The molecule has 0 saturated carbocycles. The molecule has 2 heterocycles. The third-order valence-electron chi connectivity index (χ3n) is 6.98. The maximum atomic E-state index is 13.5. The Balaban J connectivity index is 1.57. The molecule has 0 aromatic heterocycles. The highest BCUT2D eigenvalue weighted by molar-refractivity contribution is 5.90. The van der Waals surface area contributed by atoms with Crippen molar-refractivity contribution in [1.29, 1.82) is 0 Å². The van der Waals surface area contributed by atoms with Crippen molar-refractivity contribution in [3.8, 4) is 0 Å². The van der Waals surface area contributed by atoms with Crippen LogP contribution in [0.4, 0.5) is 31.1 Å². The fourth-order valence-electron chi connectivity index (χ4n) is 5.05. The minimum absolute atomic E-state index is 0.0155. The first kappa shape index (κ1) is 31.1. The van der Waals surface area contributed by atoms with Gasteiger partial charge in [0.05, 0.1) is 24.8 Å². The zero-order valence-corrected chi connectivity index (χ0v) is 22.4. The Kier molecular flexibility index (Phi) is 9.30. The molecule has 4 rings (SSSR count). The number of hydrogen-bond donors (Lipinski definition) is 1. The first-order valence-electron chi connectivity index (χ1n) is 12.9. The monoisotopic (exact) mass is 602 g/mol. The lowest BCUT2D eigenvalue weighted by Crippen LogP contribution is -2.71. The second-order valence-corrected chi connectivity index (χ2v) is 9.80. The zero-order valence-electron chi connectivity index (χ0n) is 22.4. The van der Waals surface area contributed by atoms with Crippen LogP contribution in [0.15, 0.2) is 48.5 Å². The Bertz CT molecular complexity index is 1260. The average Bonchev–Trinajstić information content (AvgIpc) is 2.93. The fourth-order valence-corrected chi connectivity index (χ4v) is 5.05. The van der Waals surface area contributed by atoms with Gasteiger partial charge in [0.15, 0.2) is 0 Å². The Morgan fingerprint density at radius 3 is 2.21 bits per heavy atom. The highest BCUT2D eigenvalue weighted by atomic mass is 19.4. The molecular weight excluding hydrogens is 574 g/mol. The highest BCUT2D eigenvalue weighted by Crippen LogP contribution is 2.36. The smallest absolute Gasteiger partial charge is 0.416 e. The summed E-state index contributed by atoms with van der Waals surface area (Å²) in [5.74, 6) is -0.730. The SMILES string of the molecule is CONCC[C@H]1C(=O)N(Cc2ccccc2)C[C@@H]2N(C(=O)OCc3cc(C(F)(F)F)cc(C(F)(F)F)c3)CCC(=O)N21. The second-order valence-electron chi connectivity index (χ2n) is 9.80. The molecule has 2 aliphatic heterocycles. The van der Waals surface area contributed by atoms with E-state index in [1.807, 2.05) is 18.2 Å². The van der Waals surface area contributed by atoms with Crippen molar-refractivity contribution in [3.63, 3.8) is 0 Å². The number of hydroxylamine groups is 1. The third kappa shape index (κ3) is 7.13. The molecule has 2 atom stereocenters. The van der Waals surface area contributed by atoms with Crippen LogP contribution < -0.4 is 5.48 Å². The molecule has 2 aromatic carbocycles. The number of nitrogens with one attached hydrogen (secondary N) is 1. The van der Waals surface area contributed by atoms with Crippen LogP contribution in [0.5, 0.6) is 0 Å². The van der Waals surface area contributed by atoms with Gasteiger partial charge >= 0.3 is 18.4 Å². The molecule has 15 heteroatoms. The van der Waals surface area contributed by atoms with Gasteiger partial charge in [-0.2, -0.15) is 26.3 Å². The topological polar surface area (TPSA) is 91.4 Å². The van der Waals surface area contributed by atoms with Crippen LogP contribution in [0.3, 0.4) is 0 Å². The summed E-state index contributed by atoms with van der Waals surface area (Å²) in [6, 6.07) is 9.00. The summed E-state index contributed by atoms with van der Waals surface area (Å²) in [6.45, 7) is -0.698. The molecule has 0 aliphatic carbocycles. The molecule has 2 saturated heterocycles. The Hall–Kier alpha value is -3.85. The number of piperazine rings is 1. The van der Waals surface area contributed by atoms with Crippen molar-refractivity contribution in [3.05, 3.63) is 70.8 Å². The third-order valence-corrected chi connectivity index (χ3v) is 6.98.